The fourth-order valence-electron chi connectivity index (χ4n) is 5.64. The number of alkyl halides is 3. The van der Waals surface area contributed by atoms with E-state index >= 15 is 0 Å². The Labute approximate surface area is 197 Å². The van der Waals surface area contributed by atoms with Crippen LogP contribution in [-0.4, -0.2) is 24.4 Å². The number of nitrogens with one attached hydrogen (secondary N) is 1. The predicted molar refractivity (Wildman–Crippen MR) is 123 cm³/mol. The fourth-order valence-corrected chi connectivity index (χ4v) is 5.64. The standard InChI is InChI=1S/C14H12F3N.C13H18O3/c1-2-13-7-6-11(9-18-13)10-4-3-5-12(8-10)14(15,16)17;1-7-9-5-8-3-2-4-12(14)10(8)6-11(9)13(15)16-7/h2-8,18H,1,9H2;7-11H,2-6H2,1H3. The normalized spacial score (nSPS) is 30.4. The molecule has 5 atom stereocenters. The van der Waals surface area contributed by atoms with Crippen LogP contribution in [0.25, 0.3) is 5.57 Å². The lowest BCUT2D eigenvalue weighted by molar-refractivity contribution is -0.144. The highest BCUT2D eigenvalue weighted by atomic mass is 19.4. The molecule has 2 heterocycles. The van der Waals surface area contributed by atoms with Gasteiger partial charge in [-0.25, -0.2) is 0 Å². The van der Waals surface area contributed by atoms with Gasteiger partial charge in [-0.1, -0.05) is 24.8 Å². The first-order valence-corrected chi connectivity index (χ1v) is 11.9. The fraction of sp³-hybridized carbons (Fsp3) is 0.481. The van der Waals surface area contributed by atoms with Crippen molar-refractivity contribution in [3.63, 3.8) is 0 Å². The van der Waals surface area contributed by atoms with Crippen molar-refractivity contribution in [2.24, 2.45) is 23.7 Å². The van der Waals surface area contributed by atoms with Crippen molar-refractivity contribution in [1.29, 1.82) is 0 Å². The number of esters is 1. The summed E-state index contributed by atoms with van der Waals surface area (Å²) in [7, 11) is 0. The van der Waals surface area contributed by atoms with Crippen molar-refractivity contribution in [2.45, 2.75) is 51.3 Å². The first-order valence-electron chi connectivity index (χ1n) is 11.9. The van der Waals surface area contributed by atoms with Crippen LogP contribution in [0.3, 0.4) is 0 Å². The topological polar surface area (TPSA) is 55.4 Å². The van der Waals surface area contributed by atoms with Gasteiger partial charge in [-0.15, -0.1) is 0 Å². The number of halogens is 3. The third-order valence-corrected chi connectivity index (χ3v) is 7.52. The Morgan fingerprint density at radius 1 is 1.15 bits per heavy atom. The molecule has 1 aromatic rings. The summed E-state index contributed by atoms with van der Waals surface area (Å²) < 4.78 is 43.1. The highest BCUT2D eigenvalue weighted by Crippen LogP contribution is 2.48. The van der Waals surface area contributed by atoms with E-state index in [1.807, 2.05) is 13.0 Å². The number of allylic oxidation sites excluding steroid dienone is 3. The number of cyclic esters (lactones) is 1. The van der Waals surface area contributed by atoms with Crippen molar-refractivity contribution >= 4 is 17.3 Å². The van der Waals surface area contributed by atoms with Crippen molar-refractivity contribution in [3.8, 4) is 0 Å². The summed E-state index contributed by atoms with van der Waals surface area (Å²) in [6.07, 6.45) is 5.75. The zero-order valence-electron chi connectivity index (χ0n) is 19.2. The minimum absolute atomic E-state index is 0.0123. The van der Waals surface area contributed by atoms with Crippen LogP contribution in [0, 0.1) is 23.7 Å². The number of benzene rings is 1. The van der Waals surface area contributed by atoms with Crippen LogP contribution in [0.15, 0.2) is 54.8 Å². The van der Waals surface area contributed by atoms with Crippen LogP contribution < -0.4 is 5.32 Å². The zero-order chi connectivity index (χ0) is 24.5. The minimum atomic E-state index is -4.30. The average molecular weight is 474 g/mol. The first kappa shape index (κ1) is 24.3. The molecule has 5 unspecified atom stereocenters. The summed E-state index contributed by atoms with van der Waals surface area (Å²) in [6, 6.07) is 5.34. The van der Waals surface area contributed by atoms with E-state index in [9.17, 15) is 22.8 Å². The quantitative estimate of drug-likeness (QED) is 0.560. The number of ketones is 1. The third-order valence-electron chi connectivity index (χ3n) is 7.52. The van der Waals surface area contributed by atoms with E-state index in [2.05, 4.69) is 11.9 Å². The lowest BCUT2D eigenvalue weighted by Gasteiger charge is -2.39. The largest absolute Gasteiger partial charge is 0.462 e. The second-order valence-corrected chi connectivity index (χ2v) is 9.56. The van der Waals surface area contributed by atoms with Crippen LogP contribution in [0.1, 0.15) is 50.2 Å². The van der Waals surface area contributed by atoms with Gasteiger partial charge in [-0.05, 0) is 73.9 Å². The van der Waals surface area contributed by atoms with E-state index in [-0.39, 0.29) is 23.9 Å². The summed E-state index contributed by atoms with van der Waals surface area (Å²) in [5.74, 6) is 1.40. The van der Waals surface area contributed by atoms with Crippen LogP contribution in [0.2, 0.25) is 0 Å². The molecular formula is C27H30F3NO3. The molecule has 182 valence electrons. The van der Waals surface area contributed by atoms with E-state index in [4.69, 9.17) is 4.74 Å². The molecule has 4 aliphatic rings. The van der Waals surface area contributed by atoms with Gasteiger partial charge in [-0.3, -0.25) is 9.59 Å². The molecule has 1 N–H and O–H groups in total. The van der Waals surface area contributed by atoms with Crippen LogP contribution >= 0.6 is 0 Å². The minimum Gasteiger partial charge on any atom is -0.462 e. The third kappa shape index (κ3) is 5.13. The molecule has 0 aromatic heterocycles. The number of carbonyl (C=O) groups is 2. The maximum Gasteiger partial charge on any atom is 0.416 e. The smallest absolute Gasteiger partial charge is 0.416 e. The predicted octanol–water partition coefficient (Wildman–Crippen LogP) is 5.71. The van der Waals surface area contributed by atoms with Crippen LogP contribution in [0.4, 0.5) is 13.2 Å². The van der Waals surface area contributed by atoms with Gasteiger partial charge >= 0.3 is 12.1 Å². The number of dihydropyridines is 1. The summed E-state index contributed by atoms with van der Waals surface area (Å²) >= 11 is 0. The molecule has 0 radical (unpaired) electrons. The Balaban J connectivity index is 0.000000162. The molecule has 0 bridgehead atoms. The van der Waals surface area contributed by atoms with E-state index in [1.165, 1.54) is 18.6 Å². The lowest BCUT2D eigenvalue weighted by Crippen LogP contribution is -2.39. The van der Waals surface area contributed by atoms with Crippen molar-refractivity contribution in [3.05, 3.63) is 65.9 Å². The SMILES string of the molecule is C=CC1=CC=C(c2cccc(C(F)(F)F)c2)CN1.CC1OC(=O)C2CC3C(=O)CCCC3CC12. The number of hydrogen-bond donors (Lipinski definition) is 1. The summed E-state index contributed by atoms with van der Waals surface area (Å²) in [4.78, 5) is 23.5. The molecule has 0 amide bonds. The maximum atomic E-state index is 12.6. The van der Waals surface area contributed by atoms with Gasteiger partial charge in [0.1, 0.15) is 11.9 Å². The molecule has 2 saturated carbocycles. The zero-order valence-corrected chi connectivity index (χ0v) is 19.2. The Morgan fingerprint density at radius 2 is 1.94 bits per heavy atom. The highest BCUT2D eigenvalue weighted by molar-refractivity contribution is 5.84. The van der Waals surface area contributed by atoms with Crippen LogP contribution in [-0.2, 0) is 20.5 Å². The molecule has 1 aromatic carbocycles. The molecule has 5 rings (SSSR count). The molecule has 7 heteroatoms. The van der Waals surface area contributed by atoms with Crippen molar-refractivity contribution in [1.82, 2.24) is 5.32 Å². The van der Waals surface area contributed by atoms with Gasteiger partial charge in [-0.2, -0.15) is 13.2 Å². The van der Waals surface area contributed by atoms with Crippen molar-refractivity contribution < 1.29 is 27.5 Å². The Hall–Kier alpha value is -2.83. The molecule has 4 nitrogen and oxygen atoms in total. The second-order valence-electron chi connectivity index (χ2n) is 9.56. The van der Waals surface area contributed by atoms with Gasteiger partial charge in [0.15, 0.2) is 0 Å². The van der Waals surface area contributed by atoms with E-state index in [0.29, 0.717) is 29.7 Å². The average Bonchev–Trinajstić information content (AvgIpc) is 3.11. The van der Waals surface area contributed by atoms with Gasteiger partial charge in [0.05, 0.1) is 11.5 Å². The number of carbonyl (C=O) groups excluding carboxylic acids is 2. The number of ether oxygens (including phenoxy) is 1. The van der Waals surface area contributed by atoms with E-state index in [1.54, 1.807) is 18.2 Å². The Morgan fingerprint density at radius 3 is 2.62 bits per heavy atom. The monoisotopic (exact) mass is 473 g/mol. The Bertz CT molecular complexity index is 1020. The van der Waals surface area contributed by atoms with E-state index < -0.39 is 11.7 Å². The number of fused-ring (bicyclic) bond motifs is 2. The summed E-state index contributed by atoms with van der Waals surface area (Å²) in [5, 5.41) is 3.07. The van der Waals surface area contributed by atoms with Gasteiger partial charge in [0, 0.05) is 30.5 Å². The van der Waals surface area contributed by atoms with Gasteiger partial charge in [0.25, 0.3) is 0 Å². The van der Waals surface area contributed by atoms with Crippen LogP contribution in [0.5, 0.6) is 0 Å². The molecule has 1 saturated heterocycles. The molecule has 2 aliphatic carbocycles. The second kappa shape index (κ2) is 9.80. The number of rotatable bonds is 2. The van der Waals surface area contributed by atoms with Gasteiger partial charge in [0.2, 0.25) is 0 Å². The number of Topliss-reactive ketones (excluding diaryl/α,β-unsaturated/α-hetero) is 1. The van der Waals surface area contributed by atoms with E-state index in [0.717, 1.165) is 43.0 Å². The maximum absolute atomic E-state index is 12.6. The molecule has 0 spiro atoms. The summed E-state index contributed by atoms with van der Waals surface area (Å²) in [6.45, 7) is 6.11. The molecule has 3 fully saturated rings. The molecular weight excluding hydrogens is 443 g/mol. The highest BCUT2D eigenvalue weighted by Gasteiger charge is 2.51. The molecule has 34 heavy (non-hydrogen) atoms. The number of hydrogen-bond acceptors (Lipinski definition) is 4. The lowest BCUT2D eigenvalue weighted by atomic mass is 9.63. The first-order chi connectivity index (χ1) is 16.2. The van der Waals surface area contributed by atoms with Gasteiger partial charge < -0.3 is 10.1 Å². The summed E-state index contributed by atoms with van der Waals surface area (Å²) in [5.41, 5.74) is 1.65. The van der Waals surface area contributed by atoms with Crippen molar-refractivity contribution in [2.75, 3.05) is 6.54 Å². The Kier molecular flexibility index (Phi) is 7.01. The molecule has 2 aliphatic heterocycles.